The van der Waals surface area contributed by atoms with Gasteiger partial charge in [-0.3, -0.25) is 4.79 Å². The molecule has 0 heterocycles. The number of carbonyl (C=O) groups excluding carboxylic acids is 1. The Morgan fingerprint density at radius 2 is 2.28 bits per heavy atom. The number of thioether (sulfide) groups is 1. The fourth-order valence-electron chi connectivity index (χ4n) is 1.51. The number of halogens is 1. The smallest absolute Gasteiger partial charge is 0.319 e. The molecule has 100 valence electrons. The lowest BCUT2D eigenvalue weighted by Crippen LogP contribution is -2.18. The Balaban J connectivity index is 2.81. The SMILES string of the molecule is CCCCC(Sc1cc(N)ccc1Cl)C(=O)OC. The van der Waals surface area contributed by atoms with Gasteiger partial charge in [0.15, 0.2) is 0 Å². The molecular formula is C13H18ClNO2S. The van der Waals surface area contributed by atoms with E-state index in [0.29, 0.717) is 10.7 Å². The van der Waals surface area contributed by atoms with Gasteiger partial charge in [0, 0.05) is 10.6 Å². The Kier molecular flexibility index (Phi) is 6.36. The molecule has 0 bridgehead atoms. The zero-order valence-electron chi connectivity index (χ0n) is 10.6. The van der Waals surface area contributed by atoms with Gasteiger partial charge >= 0.3 is 5.97 Å². The second kappa shape index (κ2) is 7.54. The first kappa shape index (κ1) is 15.2. The highest BCUT2D eigenvalue weighted by molar-refractivity contribution is 8.00. The van der Waals surface area contributed by atoms with Gasteiger partial charge in [0.05, 0.1) is 12.1 Å². The monoisotopic (exact) mass is 287 g/mol. The molecule has 18 heavy (non-hydrogen) atoms. The third-order valence-corrected chi connectivity index (χ3v) is 4.25. The molecule has 0 radical (unpaired) electrons. The van der Waals surface area contributed by atoms with Crippen molar-refractivity contribution < 1.29 is 9.53 Å². The van der Waals surface area contributed by atoms with E-state index in [-0.39, 0.29) is 11.2 Å². The number of nitrogens with two attached hydrogens (primary N) is 1. The molecule has 5 heteroatoms. The number of anilines is 1. The average molecular weight is 288 g/mol. The van der Waals surface area contributed by atoms with E-state index in [9.17, 15) is 4.79 Å². The van der Waals surface area contributed by atoms with Gasteiger partial charge in [-0.25, -0.2) is 0 Å². The molecule has 1 rings (SSSR count). The van der Waals surface area contributed by atoms with Crippen molar-refractivity contribution in [2.45, 2.75) is 36.3 Å². The molecule has 0 aromatic heterocycles. The lowest BCUT2D eigenvalue weighted by Gasteiger charge is -2.15. The molecule has 3 nitrogen and oxygen atoms in total. The predicted octanol–water partition coefficient (Wildman–Crippen LogP) is 3.75. The Morgan fingerprint density at radius 3 is 2.89 bits per heavy atom. The molecule has 1 aromatic carbocycles. The summed E-state index contributed by atoms with van der Waals surface area (Å²) in [6, 6.07) is 5.27. The number of esters is 1. The highest BCUT2D eigenvalue weighted by Gasteiger charge is 2.21. The van der Waals surface area contributed by atoms with Crippen LogP contribution in [0.25, 0.3) is 0 Å². The van der Waals surface area contributed by atoms with Crippen LogP contribution in [-0.2, 0) is 9.53 Å². The van der Waals surface area contributed by atoms with Crippen molar-refractivity contribution in [3.05, 3.63) is 23.2 Å². The molecule has 0 aliphatic heterocycles. The van der Waals surface area contributed by atoms with Crippen LogP contribution in [0.4, 0.5) is 5.69 Å². The molecule has 0 aliphatic rings. The van der Waals surface area contributed by atoms with Crippen molar-refractivity contribution in [2.24, 2.45) is 0 Å². The molecule has 0 fully saturated rings. The van der Waals surface area contributed by atoms with Crippen LogP contribution in [0.15, 0.2) is 23.1 Å². The third kappa shape index (κ3) is 4.42. The molecule has 1 aromatic rings. The quantitative estimate of drug-likeness (QED) is 0.492. The molecule has 1 unspecified atom stereocenters. The summed E-state index contributed by atoms with van der Waals surface area (Å²) in [6.45, 7) is 2.09. The molecule has 2 N–H and O–H groups in total. The normalized spacial score (nSPS) is 12.2. The van der Waals surface area contributed by atoms with Crippen LogP contribution < -0.4 is 5.73 Å². The number of hydrogen-bond donors (Lipinski definition) is 1. The second-order valence-corrected chi connectivity index (χ2v) is 5.61. The van der Waals surface area contributed by atoms with Gasteiger partial charge in [0.25, 0.3) is 0 Å². The van der Waals surface area contributed by atoms with Gasteiger partial charge in [-0.1, -0.05) is 31.4 Å². The fraction of sp³-hybridized carbons (Fsp3) is 0.462. The number of rotatable bonds is 6. The van der Waals surface area contributed by atoms with E-state index < -0.39 is 0 Å². The van der Waals surface area contributed by atoms with E-state index in [4.69, 9.17) is 22.1 Å². The van der Waals surface area contributed by atoms with Gasteiger partial charge in [-0.2, -0.15) is 0 Å². The van der Waals surface area contributed by atoms with E-state index in [0.717, 1.165) is 24.2 Å². The number of methoxy groups -OCH3 is 1. The van der Waals surface area contributed by atoms with Gasteiger partial charge < -0.3 is 10.5 Å². The van der Waals surface area contributed by atoms with Crippen molar-refractivity contribution in [1.29, 1.82) is 0 Å². The Bertz CT molecular complexity index is 412. The molecular weight excluding hydrogens is 270 g/mol. The van der Waals surface area contributed by atoms with Crippen molar-refractivity contribution in [1.82, 2.24) is 0 Å². The summed E-state index contributed by atoms with van der Waals surface area (Å²) in [5.41, 5.74) is 6.36. The topological polar surface area (TPSA) is 52.3 Å². The average Bonchev–Trinajstić information content (AvgIpc) is 2.37. The molecule has 0 amide bonds. The first-order chi connectivity index (χ1) is 8.58. The lowest BCUT2D eigenvalue weighted by molar-refractivity contribution is -0.140. The maximum absolute atomic E-state index is 11.7. The zero-order chi connectivity index (χ0) is 13.5. The van der Waals surface area contributed by atoms with Crippen molar-refractivity contribution >= 4 is 35.0 Å². The van der Waals surface area contributed by atoms with E-state index in [1.165, 1.54) is 18.9 Å². The number of benzene rings is 1. The second-order valence-electron chi connectivity index (χ2n) is 3.96. The molecule has 0 saturated carbocycles. The van der Waals surface area contributed by atoms with Gasteiger partial charge in [0.1, 0.15) is 5.25 Å². The summed E-state index contributed by atoms with van der Waals surface area (Å²) in [6.07, 6.45) is 2.80. The van der Waals surface area contributed by atoms with Crippen molar-refractivity contribution in [2.75, 3.05) is 12.8 Å². The minimum Gasteiger partial charge on any atom is -0.468 e. The summed E-state index contributed by atoms with van der Waals surface area (Å²) in [4.78, 5) is 12.5. The highest BCUT2D eigenvalue weighted by Crippen LogP contribution is 2.34. The summed E-state index contributed by atoms with van der Waals surface area (Å²) in [7, 11) is 1.41. The van der Waals surface area contributed by atoms with Crippen molar-refractivity contribution in [3.63, 3.8) is 0 Å². The van der Waals surface area contributed by atoms with E-state index in [1.807, 2.05) is 0 Å². The summed E-state index contributed by atoms with van der Waals surface area (Å²) >= 11 is 7.51. The maximum atomic E-state index is 11.7. The molecule has 0 saturated heterocycles. The van der Waals surface area contributed by atoms with Crippen LogP contribution in [0.1, 0.15) is 26.2 Å². The minimum atomic E-state index is -0.228. The van der Waals surface area contributed by atoms with Gasteiger partial charge in [-0.05, 0) is 24.6 Å². The first-order valence-electron chi connectivity index (χ1n) is 5.88. The zero-order valence-corrected chi connectivity index (χ0v) is 12.2. The molecule has 1 atom stereocenters. The standard InChI is InChI=1S/C13H18ClNO2S/c1-3-4-5-11(13(16)17-2)18-12-8-9(15)6-7-10(12)14/h6-8,11H,3-5,15H2,1-2H3. The first-order valence-corrected chi connectivity index (χ1v) is 7.13. The number of nitrogen functional groups attached to an aromatic ring is 1. The van der Waals surface area contributed by atoms with E-state index in [2.05, 4.69) is 6.92 Å². The number of ether oxygens (including phenoxy) is 1. The summed E-state index contributed by atoms with van der Waals surface area (Å²) in [5, 5.41) is 0.383. The fourth-order valence-corrected chi connectivity index (χ4v) is 2.93. The maximum Gasteiger partial charge on any atom is 0.319 e. The molecule has 0 spiro atoms. The summed E-state index contributed by atoms with van der Waals surface area (Å²) in [5.74, 6) is -0.216. The number of unbranched alkanes of at least 4 members (excludes halogenated alkanes) is 1. The van der Waals surface area contributed by atoms with Crippen LogP contribution >= 0.6 is 23.4 Å². The van der Waals surface area contributed by atoms with Crippen LogP contribution in [0.3, 0.4) is 0 Å². The third-order valence-electron chi connectivity index (χ3n) is 2.51. The van der Waals surface area contributed by atoms with E-state index in [1.54, 1.807) is 18.2 Å². The van der Waals surface area contributed by atoms with Crippen LogP contribution in [0.5, 0.6) is 0 Å². The highest BCUT2D eigenvalue weighted by atomic mass is 35.5. The Morgan fingerprint density at radius 1 is 1.56 bits per heavy atom. The van der Waals surface area contributed by atoms with Crippen LogP contribution in [0, 0.1) is 0 Å². The van der Waals surface area contributed by atoms with Crippen LogP contribution in [0.2, 0.25) is 5.02 Å². The van der Waals surface area contributed by atoms with Gasteiger partial charge in [-0.15, -0.1) is 11.8 Å². The van der Waals surface area contributed by atoms with Crippen LogP contribution in [-0.4, -0.2) is 18.3 Å². The number of hydrogen-bond acceptors (Lipinski definition) is 4. The number of carbonyl (C=O) groups is 1. The van der Waals surface area contributed by atoms with Crippen molar-refractivity contribution in [3.8, 4) is 0 Å². The predicted molar refractivity (Wildman–Crippen MR) is 77.1 cm³/mol. The van der Waals surface area contributed by atoms with E-state index >= 15 is 0 Å². The summed E-state index contributed by atoms with van der Waals surface area (Å²) < 4.78 is 4.82. The Labute approximate surface area is 117 Å². The molecule has 0 aliphatic carbocycles. The largest absolute Gasteiger partial charge is 0.468 e. The Hall–Kier alpha value is -0.870. The lowest BCUT2D eigenvalue weighted by atomic mass is 10.2. The minimum absolute atomic E-state index is 0.216. The van der Waals surface area contributed by atoms with Gasteiger partial charge in [0.2, 0.25) is 0 Å².